The normalized spacial score (nSPS) is 11.4. The number of benzene rings is 1. The van der Waals surface area contributed by atoms with Crippen LogP contribution < -0.4 is 0 Å². The molecule has 1 aromatic rings. The van der Waals surface area contributed by atoms with Crippen molar-refractivity contribution < 1.29 is 18.4 Å². The summed E-state index contributed by atoms with van der Waals surface area (Å²) in [5.41, 5.74) is 2.33. The number of hydrogen-bond donors (Lipinski definition) is 0. The number of carbonyl (C=O) groups excluding carboxylic acids is 2. The molecular weight excluding hydrogens is 300 g/mol. The Labute approximate surface area is 136 Å². The maximum Gasteiger partial charge on any atom is 0.227 e. The minimum atomic E-state index is -0.691. The molecule has 23 heavy (non-hydrogen) atoms. The first-order valence-corrected chi connectivity index (χ1v) is 7.76. The van der Waals surface area contributed by atoms with E-state index in [1.807, 2.05) is 13.0 Å². The van der Waals surface area contributed by atoms with Crippen LogP contribution in [0.1, 0.15) is 37.3 Å². The molecule has 0 saturated carbocycles. The van der Waals surface area contributed by atoms with E-state index in [9.17, 15) is 18.4 Å². The topological polar surface area (TPSA) is 37.4 Å². The van der Waals surface area contributed by atoms with Gasteiger partial charge in [-0.3, -0.25) is 4.79 Å². The molecule has 1 amide bonds. The molecule has 0 heterocycles. The van der Waals surface area contributed by atoms with Crippen molar-refractivity contribution in [1.29, 1.82) is 0 Å². The Kier molecular flexibility index (Phi) is 8.16. The molecule has 0 fully saturated rings. The van der Waals surface area contributed by atoms with Crippen molar-refractivity contribution in [2.75, 3.05) is 19.8 Å². The number of aldehydes is 1. The molecule has 0 spiro atoms. The van der Waals surface area contributed by atoms with Gasteiger partial charge in [0.1, 0.15) is 18.8 Å². The predicted molar refractivity (Wildman–Crippen MR) is 87.3 cm³/mol. The van der Waals surface area contributed by atoms with Crippen LogP contribution in [0.15, 0.2) is 24.3 Å². The number of carbonyl (C=O) groups is 2. The second kappa shape index (κ2) is 9.87. The number of aryl methyl sites for hydroxylation is 1. The van der Waals surface area contributed by atoms with Gasteiger partial charge in [-0.2, -0.15) is 0 Å². The summed E-state index contributed by atoms with van der Waals surface area (Å²) in [6.07, 6.45) is 4.32. The summed E-state index contributed by atoms with van der Waals surface area (Å²) in [4.78, 5) is 24.2. The number of nitrogens with zero attached hydrogens (tertiary/aromatic N) is 1. The van der Waals surface area contributed by atoms with Gasteiger partial charge in [0.2, 0.25) is 5.91 Å². The van der Waals surface area contributed by atoms with Crippen LogP contribution in [0, 0.1) is 12.7 Å². The SMILES string of the molecule is CCC/C=C(/CC(=O)N(CC=O)CCF)c1ccc(F)cc1C. The number of hydrogen-bond acceptors (Lipinski definition) is 2. The second-order valence-electron chi connectivity index (χ2n) is 5.35. The molecule has 0 radical (unpaired) electrons. The van der Waals surface area contributed by atoms with Gasteiger partial charge >= 0.3 is 0 Å². The average molecular weight is 323 g/mol. The molecule has 0 N–H and O–H groups in total. The van der Waals surface area contributed by atoms with E-state index < -0.39 is 6.67 Å². The van der Waals surface area contributed by atoms with E-state index in [0.29, 0.717) is 6.29 Å². The Bertz CT molecular complexity index is 570. The van der Waals surface area contributed by atoms with Gasteiger partial charge in [-0.25, -0.2) is 8.78 Å². The summed E-state index contributed by atoms with van der Waals surface area (Å²) in [5, 5.41) is 0. The minimum Gasteiger partial charge on any atom is -0.333 e. The molecule has 0 bridgehead atoms. The van der Waals surface area contributed by atoms with Gasteiger partial charge in [-0.05, 0) is 42.2 Å². The molecule has 3 nitrogen and oxygen atoms in total. The fraction of sp³-hybridized carbons (Fsp3) is 0.444. The van der Waals surface area contributed by atoms with Crippen LogP contribution in [0.3, 0.4) is 0 Å². The Morgan fingerprint density at radius 2 is 2.09 bits per heavy atom. The lowest BCUT2D eigenvalue weighted by Crippen LogP contribution is -2.34. The van der Waals surface area contributed by atoms with E-state index in [4.69, 9.17) is 0 Å². The summed E-state index contributed by atoms with van der Waals surface area (Å²) < 4.78 is 25.8. The summed E-state index contributed by atoms with van der Waals surface area (Å²) in [6, 6.07) is 4.43. The predicted octanol–water partition coefficient (Wildman–Crippen LogP) is 3.70. The fourth-order valence-electron chi connectivity index (χ4n) is 2.37. The monoisotopic (exact) mass is 323 g/mol. The van der Waals surface area contributed by atoms with Crippen LogP contribution in [-0.4, -0.2) is 36.9 Å². The summed E-state index contributed by atoms with van der Waals surface area (Å²) in [6.45, 7) is 2.90. The third-order valence-electron chi connectivity index (χ3n) is 3.56. The molecule has 0 unspecified atom stereocenters. The van der Waals surface area contributed by atoms with Gasteiger partial charge in [0.15, 0.2) is 0 Å². The molecule has 0 saturated heterocycles. The van der Waals surface area contributed by atoms with Crippen molar-refractivity contribution in [3.63, 3.8) is 0 Å². The van der Waals surface area contributed by atoms with Crippen LogP contribution in [0.25, 0.3) is 5.57 Å². The third-order valence-corrected chi connectivity index (χ3v) is 3.56. The smallest absolute Gasteiger partial charge is 0.227 e. The van der Waals surface area contributed by atoms with Gasteiger partial charge in [0, 0.05) is 6.54 Å². The highest BCUT2D eigenvalue weighted by atomic mass is 19.1. The van der Waals surface area contributed by atoms with Crippen molar-refractivity contribution >= 4 is 17.8 Å². The zero-order valence-electron chi connectivity index (χ0n) is 13.6. The molecular formula is C18H23F2NO2. The van der Waals surface area contributed by atoms with Gasteiger partial charge in [0.05, 0.1) is 13.0 Å². The number of alkyl halides is 1. The van der Waals surface area contributed by atoms with Gasteiger partial charge < -0.3 is 9.69 Å². The zero-order chi connectivity index (χ0) is 17.2. The largest absolute Gasteiger partial charge is 0.333 e. The highest BCUT2D eigenvalue weighted by molar-refractivity contribution is 5.90. The number of allylic oxidation sites excluding steroid dienone is 1. The number of halogens is 2. The lowest BCUT2D eigenvalue weighted by atomic mass is 9.96. The number of unbranched alkanes of at least 4 members (excludes halogenated alkanes) is 1. The summed E-state index contributed by atoms with van der Waals surface area (Å²) in [7, 11) is 0. The lowest BCUT2D eigenvalue weighted by molar-refractivity contribution is -0.132. The van der Waals surface area contributed by atoms with Crippen molar-refractivity contribution in [1.82, 2.24) is 4.90 Å². The number of amides is 1. The van der Waals surface area contributed by atoms with Crippen LogP contribution in [0.5, 0.6) is 0 Å². The van der Waals surface area contributed by atoms with Crippen molar-refractivity contribution in [2.45, 2.75) is 33.1 Å². The number of rotatable bonds is 9. The molecule has 0 aliphatic rings. The molecule has 0 aromatic heterocycles. The Balaban J connectivity index is 3.03. The van der Waals surface area contributed by atoms with E-state index in [2.05, 4.69) is 0 Å². The second-order valence-corrected chi connectivity index (χ2v) is 5.35. The Morgan fingerprint density at radius 1 is 1.35 bits per heavy atom. The molecule has 0 aliphatic carbocycles. The highest BCUT2D eigenvalue weighted by Crippen LogP contribution is 2.24. The average Bonchev–Trinajstić information content (AvgIpc) is 2.51. The quantitative estimate of drug-likeness (QED) is 0.650. The molecule has 1 aromatic carbocycles. The molecule has 1 rings (SSSR count). The van der Waals surface area contributed by atoms with Crippen LogP contribution >= 0.6 is 0 Å². The fourth-order valence-corrected chi connectivity index (χ4v) is 2.37. The minimum absolute atomic E-state index is 0.0698. The van der Waals surface area contributed by atoms with Crippen LogP contribution in [0.4, 0.5) is 8.78 Å². The molecule has 5 heteroatoms. The van der Waals surface area contributed by atoms with E-state index >= 15 is 0 Å². The van der Waals surface area contributed by atoms with Crippen LogP contribution in [0.2, 0.25) is 0 Å². The van der Waals surface area contributed by atoms with E-state index in [0.717, 1.165) is 29.5 Å². The maximum absolute atomic E-state index is 13.3. The standard InChI is InChI=1S/C18H23F2NO2/c1-3-4-5-15(17-7-6-16(20)12-14(17)2)13-18(23)21(9-8-19)10-11-22/h5-7,11-12H,3-4,8-10,13H2,1-2H3/b15-5-. The Morgan fingerprint density at radius 3 is 2.65 bits per heavy atom. The van der Waals surface area contributed by atoms with E-state index in [-0.39, 0.29) is 31.2 Å². The molecule has 0 atom stereocenters. The van der Waals surface area contributed by atoms with Crippen molar-refractivity contribution in [3.05, 3.63) is 41.2 Å². The maximum atomic E-state index is 13.3. The summed E-state index contributed by atoms with van der Waals surface area (Å²) >= 11 is 0. The zero-order valence-corrected chi connectivity index (χ0v) is 13.6. The first-order valence-electron chi connectivity index (χ1n) is 7.76. The lowest BCUT2D eigenvalue weighted by Gasteiger charge is -2.20. The first kappa shape index (κ1) is 19.0. The third kappa shape index (κ3) is 5.93. The molecule has 0 aliphatic heterocycles. The summed E-state index contributed by atoms with van der Waals surface area (Å²) in [5.74, 6) is -0.631. The first-order chi connectivity index (χ1) is 11.0. The van der Waals surface area contributed by atoms with Gasteiger partial charge in [-0.15, -0.1) is 0 Å². The Hall–Kier alpha value is -2.04. The van der Waals surface area contributed by atoms with Crippen molar-refractivity contribution in [3.8, 4) is 0 Å². The van der Waals surface area contributed by atoms with E-state index in [1.165, 1.54) is 17.0 Å². The van der Waals surface area contributed by atoms with Crippen molar-refractivity contribution in [2.24, 2.45) is 0 Å². The molecule has 126 valence electrons. The highest BCUT2D eigenvalue weighted by Gasteiger charge is 2.16. The van der Waals surface area contributed by atoms with Crippen LogP contribution in [-0.2, 0) is 9.59 Å². The van der Waals surface area contributed by atoms with E-state index in [1.54, 1.807) is 13.0 Å². The van der Waals surface area contributed by atoms with Gasteiger partial charge in [0.25, 0.3) is 0 Å². The van der Waals surface area contributed by atoms with Gasteiger partial charge in [-0.1, -0.05) is 25.5 Å².